The predicted molar refractivity (Wildman–Crippen MR) is 82.1 cm³/mol. The van der Waals surface area contributed by atoms with E-state index in [9.17, 15) is 13.2 Å². The van der Waals surface area contributed by atoms with Crippen molar-refractivity contribution >= 4 is 12.6 Å². The molecule has 1 fully saturated rings. The number of imidazole rings is 1. The van der Waals surface area contributed by atoms with E-state index < -0.39 is 30.1 Å². The molecule has 0 bridgehead atoms. The Labute approximate surface area is 138 Å². The standard InChI is InChI=1S/C15H17BF3N3O2/c1-13(2)14(3,4)24-16(23-13)11-7-10(15(17,18)19)8-21-12(11)22-6-5-20-9-22/h5-9H,1-4H3. The fourth-order valence-electron chi connectivity index (χ4n) is 2.37. The number of alkyl halides is 3. The van der Waals surface area contributed by atoms with Crippen LogP contribution in [0.4, 0.5) is 13.2 Å². The van der Waals surface area contributed by atoms with E-state index in [2.05, 4.69) is 9.97 Å². The van der Waals surface area contributed by atoms with Crippen molar-refractivity contribution in [2.45, 2.75) is 45.1 Å². The van der Waals surface area contributed by atoms with Gasteiger partial charge in [-0.05, 0) is 33.8 Å². The van der Waals surface area contributed by atoms with Crippen LogP contribution in [-0.4, -0.2) is 32.9 Å². The molecular formula is C15H17BF3N3O2. The molecule has 1 saturated heterocycles. The van der Waals surface area contributed by atoms with Crippen LogP contribution in [0.25, 0.3) is 5.82 Å². The van der Waals surface area contributed by atoms with Crippen LogP contribution in [0.2, 0.25) is 0 Å². The van der Waals surface area contributed by atoms with Crippen molar-refractivity contribution in [2.75, 3.05) is 0 Å². The minimum absolute atomic E-state index is 0.210. The molecule has 1 aliphatic rings. The van der Waals surface area contributed by atoms with Crippen LogP contribution in [-0.2, 0) is 15.5 Å². The lowest BCUT2D eigenvalue weighted by Crippen LogP contribution is -2.41. The monoisotopic (exact) mass is 339 g/mol. The molecule has 128 valence electrons. The number of hydrogen-bond donors (Lipinski definition) is 0. The Morgan fingerprint density at radius 1 is 1.12 bits per heavy atom. The van der Waals surface area contributed by atoms with Gasteiger partial charge in [-0.15, -0.1) is 0 Å². The van der Waals surface area contributed by atoms with Crippen LogP contribution < -0.4 is 5.46 Å². The SMILES string of the molecule is CC1(C)OB(c2cc(C(F)(F)F)cnc2-n2ccnc2)OC1(C)C. The van der Waals surface area contributed by atoms with Gasteiger partial charge in [-0.2, -0.15) is 13.2 Å². The Bertz CT molecular complexity index is 729. The first-order valence-electron chi connectivity index (χ1n) is 7.42. The predicted octanol–water partition coefficient (Wildman–Crippen LogP) is 2.59. The first-order chi connectivity index (χ1) is 11.0. The Balaban J connectivity index is 2.11. The third-order valence-corrected chi connectivity index (χ3v) is 4.48. The third kappa shape index (κ3) is 2.82. The average molecular weight is 339 g/mol. The van der Waals surface area contributed by atoms with Gasteiger partial charge in [0, 0.05) is 24.1 Å². The summed E-state index contributed by atoms with van der Waals surface area (Å²) in [5.74, 6) is 0.291. The third-order valence-electron chi connectivity index (χ3n) is 4.48. The molecule has 3 heterocycles. The van der Waals surface area contributed by atoms with Crippen molar-refractivity contribution in [3.05, 3.63) is 36.5 Å². The summed E-state index contributed by atoms with van der Waals surface area (Å²) in [5, 5.41) is 0. The summed E-state index contributed by atoms with van der Waals surface area (Å²) >= 11 is 0. The van der Waals surface area contributed by atoms with Crippen molar-refractivity contribution in [2.24, 2.45) is 0 Å². The van der Waals surface area contributed by atoms with E-state index in [1.807, 2.05) is 27.7 Å². The molecule has 0 radical (unpaired) electrons. The molecule has 0 unspecified atom stereocenters. The van der Waals surface area contributed by atoms with Gasteiger partial charge >= 0.3 is 13.3 Å². The Kier molecular flexibility index (Phi) is 3.76. The summed E-state index contributed by atoms with van der Waals surface area (Å²) in [6, 6.07) is 1.02. The first-order valence-corrected chi connectivity index (χ1v) is 7.42. The van der Waals surface area contributed by atoms with Crippen LogP contribution >= 0.6 is 0 Å². The lowest BCUT2D eigenvalue weighted by molar-refractivity contribution is -0.137. The van der Waals surface area contributed by atoms with Crippen molar-refractivity contribution < 1.29 is 22.5 Å². The number of rotatable bonds is 2. The molecule has 0 spiro atoms. The number of halogens is 3. The van der Waals surface area contributed by atoms with Gasteiger partial charge in [-0.25, -0.2) is 9.97 Å². The van der Waals surface area contributed by atoms with Crippen molar-refractivity contribution in [1.29, 1.82) is 0 Å². The molecule has 5 nitrogen and oxygen atoms in total. The highest BCUT2D eigenvalue weighted by Gasteiger charge is 2.53. The van der Waals surface area contributed by atoms with Crippen molar-refractivity contribution in [1.82, 2.24) is 14.5 Å². The summed E-state index contributed by atoms with van der Waals surface area (Å²) < 4.78 is 52.6. The number of pyridine rings is 1. The van der Waals surface area contributed by atoms with Crippen molar-refractivity contribution in [3.8, 4) is 5.82 Å². The Morgan fingerprint density at radius 3 is 2.25 bits per heavy atom. The highest BCUT2D eigenvalue weighted by molar-refractivity contribution is 6.63. The molecule has 0 aromatic carbocycles. The minimum atomic E-state index is -4.50. The van der Waals surface area contributed by atoms with Gasteiger partial charge in [-0.3, -0.25) is 4.57 Å². The second-order valence-electron chi connectivity index (χ2n) is 6.69. The van der Waals surface area contributed by atoms with Gasteiger partial charge < -0.3 is 9.31 Å². The molecule has 0 amide bonds. The van der Waals surface area contributed by atoms with Crippen LogP contribution in [0, 0.1) is 0 Å². The lowest BCUT2D eigenvalue weighted by atomic mass is 9.78. The normalized spacial score (nSPS) is 19.7. The summed E-state index contributed by atoms with van der Waals surface area (Å²) in [6.07, 6.45) is 0.880. The van der Waals surface area contributed by atoms with Crippen LogP contribution in [0.15, 0.2) is 31.0 Å². The maximum atomic E-state index is 13.1. The van der Waals surface area contributed by atoms with E-state index in [0.29, 0.717) is 5.82 Å². The fourth-order valence-corrected chi connectivity index (χ4v) is 2.37. The van der Waals surface area contributed by atoms with Gasteiger partial charge in [0.15, 0.2) is 0 Å². The molecule has 1 aliphatic heterocycles. The van der Waals surface area contributed by atoms with Gasteiger partial charge in [0.1, 0.15) is 12.1 Å². The van der Waals surface area contributed by atoms with Gasteiger partial charge in [-0.1, -0.05) is 0 Å². The summed E-state index contributed by atoms with van der Waals surface area (Å²) in [7, 11) is -0.956. The van der Waals surface area contributed by atoms with E-state index in [1.165, 1.54) is 17.1 Å². The minimum Gasteiger partial charge on any atom is -0.399 e. The molecule has 3 rings (SSSR count). The van der Waals surface area contributed by atoms with Crippen LogP contribution in [0.5, 0.6) is 0 Å². The van der Waals surface area contributed by atoms with Crippen LogP contribution in [0.3, 0.4) is 0 Å². The molecule has 0 saturated carbocycles. The molecule has 2 aromatic heterocycles. The fraction of sp³-hybridized carbons (Fsp3) is 0.467. The Morgan fingerprint density at radius 2 is 1.75 bits per heavy atom. The summed E-state index contributed by atoms with van der Waals surface area (Å²) in [5.41, 5.74) is -1.98. The van der Waals surface area contributed by atoms with Crippen LogP contribution in [0.1, 0.15) is 33.3 Å². The van der Waals surface area contributed by atoms with Gasteiger partial charge in [0.25, 0.3) is 0 Å². The van der Waals surface area contributed by atoms with E-state index in [-0.39, 0.29) is 5.46 Å². The zero-order chi connectivity index (χ0) is 17.8. The number of nitrogens with zero attached hydrogens (tertiary/aromatic N) is 3. The summed E-state index contributed by atoms with van der Waals surface area (Å²) in [4.78, 5) is 7.88. The smallest absolute Gasteiger partial charge is 0.399 e. The average Bonchev–Trinajstić information content (AvgIpc) is 3.04. The van der Waals surface area contributed by atoms with Gasteiger partial charge in [0.05, 0.1) is 16.8 Å². The maximum Gasteiger partial charge on any atom is 0.498 e. The number of hydrogen-bond acceptors (Lipinski definition) is 4. The topological polar surface area (TPSA) is 49.2 Å². The van der Waals surface area contributed by atoms with E-state index in [4.69, 9.17) is 9.31 Å². The molecular weight excluding hydrogens is 322 g/mol. The van der Waals surface area contributed by atoms with E-state index in [0.717, 1.165) is 12.3 Å². The molecule has 24 heavy (non-hydrogen) atoms. The molecule has 0 aliphatic carbocycles. The van der Waals surface area contributed by atoms with E-state index in [1.54, 1.807) is 6.20 Å². The summed E-state index contributed by atoms with van der Waals surface area (Å²) in [6.45, 7) is 7.35. The quantitative estimate of drug-likeness (QED) is 0.790. The van der Waals surface area contributed by atoms with E-state index >= 15 is 0 Å². The molecule has 9 heteroatoms. The highest BCUT2D eigenvalue weighted by Crippen LogP contribution is 2.37. The first kappa shape index (κ1) is 17.0. The number of aromatic nitrogens is 3. The van der Waals surface area contributed by atoms with Gasteiger partial charge in [0.2, 0.25) is 0 Å². The lowest BCUT2D eigenvalue weighted by Gasteiger charge is -2.32. The highest BCUT2D eigenvalue weighted by atomic mass is 19.4. The van der Waals surface area contributed by atoms with Crippen molar-refractivity contribution in [3.63, 3.8) is 0 Å². The second kappa shape index (κ2) is 5.32. The Hall–Kier alpha value is -1.87. The second-order valence-corrected chi connectivity index (χ2v) is 6.69. The zero-order valence-corrected chi connectivity index (χ0v) is 13.8. The largest absolute Gasteiger partial charge is 0.498 e. The molecule has 2 aromatic rings. The zero-order valence-electron chi connectivity index (χ0n) is 13.8. The maximum absolute atomic E-state index is 13.1. The molecule has 0 atom stereocenters. The molecule has 0 N–H and O–H groups in total.